The van der Waals surface area contributed by atoms with Gasteiger partial charge in [0.1, 0.15) is 0 Å². The summed E-state index contributed by atoms with van der Waals surface area (Å²) in [6, 6.07) is 42.1. The first-order valence-corrected chi connectivity index (χ1v) is 13.2. The van der Waals surface area contributed by atoms with Gasteiger partial charge in [0.05, 0.1) is 16.9 Å². The van der Waals surface area contributed by atoms with E-state index in [9.17, 15) is 0 Å². The van der Waals surface area contributed by atoms with E-state index in [-0.39, 0.29) is 20.1 Å². The number of para-hydroxylation sites is 1. The Balaban J connectivity index is 0.000000205. The minimum atomic E-state index is 0. The Morgan fingerprint density at radius 2 is 1.52 bits per heavy atom. The van der Waals surface area contributed by atoms with Crippen LogP contribution in [0.1, 0.15) is 5.69 Å². The van der Waals surface area contributed by atoms with Crippen LogP contribution in [0.25, 0.3) is 61.6 Å². The zero-order valence-electron chi connectivity index (χ0n) is 22.5. The maximum absolute atomic E-state index is 6.19. The molecule has 0 spiro atoms. The van der Waals surface area contributed by atoms with E-state index < -0.39 is 0 Å². The first kappa shape index (κ1) is 27.2. The SMILES string of the molecule is Cc1ccc2c(n1)oc1c(-c3nc4cccnc4n3-c3ccccc3)[c-]ccc12.[Ir].[c-]1ccccc1-c1ccccn1. The van der Waals surface area contributed by atoms with E-state index in [0.29, 0.717) is 5.71 Å². The molecule has 0 aliphatic carbocycles. The maximum Gasteiger partial charge on any atom is 0.216 e. The number of hydrogen-bond donors (Lipinski definition) is 0. The molecule has 0 unspecified atom stereocenters. The predicted molar refractivity (Wildman–Crippen MR) is 161 cm³/mol. The third-order valence-corrected chi connectivity index (χ3v) is 6.74. The van der Waals surface area contributed by atoms with Crippen molar-refractivity contribution in [3.8, 4) is 28.3 Å². The van der Waals surface area contributed by atoms with Crippen LogP contribution < -0.4 is 0 Å². The molecule has 5 aromatic heterocycles. The molecule has 0 bridgehead atoms. The van der Waals surface area contributed by atoms with E-state index in [2.05, 4.69) is 33.2 Å². The second-order valence-corrected chi connectivity index (χ2v) is 9.45. The molecule has 0 aliphatic heterocycles. The van der Waals surface area contributed by atoms with Gasteiger partial charge in [-0.15, -0.1) is 54.1 Å². The van der Waals surface area contributed by atoms with Crippen molar-refractivity contribution < 1.29 is 24.5 Å². The van der Waals surface area contributed by atoms with Crippen LogP contribution >= 0.6 is 0 Å². The molecule has 5 heterocycles. The van der Waals surface area contributed by atoms with Gasteiger partial charge < -0.3 is 14.0 Å². The average molecular weight is 722 g/mol. The minimum Gasteiger partial charge on any atom is -0.486 e. The molecule has 0 fully saturated rings. The van der Waals surface area contributed by atoms with Gasteiger partial charge in [0.2, 0.25) is 5.71 Å². The van der Waals surface area contributed by atoms with Crippen molar-refractivity contribution in [1.29, 1.82) is 0 Å². The molecule has 7 heteroatoms. The van der Waals surface area contributed by atoms with Crippen molar-refractivity contribution in [3.05, 3.63) is 139 Å². The number of furan rings is 1. The van der Waals surface area contributed by atoms with E-state index >= 15 is 0 Å². The van der Waals surface area contributed by atoms with Crippen molar-refractivity contribution in [2.75, 3.05) is 0 Å². The molecule has 205 valence electrons. The van der Waals surface area contributed by atoms with E-state index in [1.165, 1.54) is 0 Å². The van der Waals surface area contributed by atoms with Crippen LogP contribution in [0.2, 0.25) is 0 Å². The Hall–Kier alpha value is -4.97. The van der Waals surface area contributed by atoms with E-state index in [0.717, 1.165) is 61.5 Å². The second-order valence-electron chi connectivity index (χ2n) is 9.45. The summed E-state index contributed by atoms with van der Waals surface area (Å²) in [5, 5.41) is 1.99. The van der Waals surface area contributed by atoms with Crippen molar-refractivity contribution in [1.82, 2.24) is 24.5 Å². The van der Waals surface area contributed by atoms with Gasteiger partial charge in [0.15, 0.2) is 5.65 Å². The van der Waals surface area contributed by atoms with Crippen LogP contribution in [-0.2, 0) is 20.1 Å². The topological polar surface area (TPSA) is 69.6 Å². The monoisotopic (exact) mass is 722 g/mol. The molecular weight excluding hydrogens is 699 g/mol. The third kappa shape index (κ3) is 5.12. The van der Waals surface area contributed by atoms with Gasteiger partial charge in [-0.05, 0) is 55.1 Å². The number of benzene rings is 3. The summed E-state index contributed by atoms with van der Waals surface area (Å²) < 4.78 is 8.24. The average Bonchev–Trinajstić information content (AvgIpc) is 3.61. The molecule has 8 aromatic rings. The van der Waals surface area contributed by atoms with Gasteiger partial charge in [0.25, 0.3) is 0 Å². The maximum atomic E-state index is 6.19. The fourth-order valence-corrected chi connectivity index (χ4v) is 4.86. The quantitative estimate of drug-likeness (QED) is 0.173. The Bertz CT molecular complexity index is 2070. The number of imidazole rings is 1. The van der Waals surface area contributed by atoms with Crippen LogP contribution in [-0.4, -0.2) is 24.5 Å². The number of rotatable bonds is 3. The van der Waals surface area contributed by atoms with Gasteiger partial charge in [-0.3, -0.25) is 4.98 Å². The Kier molecular flexibility index (Phi) is 7.69. The summed E-state index contributed by atoms with van der Waals surface area (Å²) in [6.07, 6.45) is 3.57. The number of nitrogens with zero attached hydrogens (tertiary/aromatic N) is 5. The number of aromatic nitrogens is 5. The van der Waals surface area contributed by atoms with Crippen LogP contribution in [0.15, 0.2) is 126 Å². The molecule has 6 nitrogen and oxygen atoms in total. The Morgan fingerprint density at radius 1 is 0.690 bits per heavy atom. The van der Waals surface area contributed by atoms with E-state index in [4.69, 9.17) is 9.40 Å². The molecular formula is C35H23IrN5O-2. The molecule has 0 N–H and O–H groups in total. The number of hydrogen-bond acceptors (Lipinski definition) is 5. The van der Waals surface area contributed by atoms with Crippen LogP contribution in [0.5, 0.6) is 0 Å². The van der Waals surface area contributed by atoms with E-state index in [1.807, 2.05) is 115 Å². The Morgan fingerprint density at radius 3 is 2.33 bits per heavy atom. The predicted octanol–water partition coefficient (Wildman–Crippen LogP) is 8.04. The summed E-state index contributed by atoms with van der Waals surface area (Å²) in [4.78, 5) is 18.2. The summed E-state index contributed by atoms with van der Waals surface area (Å²) in [5.41, 5.74) is 7.68. The molecule has 0 atom stereocenters. The van der Waals surface area contributed by atoms with Crippen molar-refractivity contribution >= 4 is 33.2 Å². The van der Waals surface area contributed by atoms with Gasteiger partial charge in [0, 0.05) is 49.3 Å². The largest absolute Gasteiger partial charge is 0.486 e. The molecule has 0 saturated carbocycles. The molecule has 3 aromatic carbocycles. The van der Waals surface area contributed by atoms with Crippen LogP contribution in [0, 0.1) is 19.1 Å². The van der Waals surface area contributed by atoms with Gasteiger partial charge in [-0.25, -0.2) is 9.97 Å². The van der Waals surface area contributed by atoms with Crippen LogP contribution in [0.3, 0.4) is 0 Å². The molecule has 1 radical (unpaired) electrons. The summed E-state index contributed by atoms with van der Waals surface area (Å²) >= 11 is 0. The van der Waals surface area contributed by atoms with Gasteiger partial charge in [-0.2, -0.15) is 0 Å². The third-order valence-electron chi connectivity index (χ3n) is 6.74. The molecule has 42 heavy (non-hydrogen) atoms. The van der Waals surface area contributed by atoms with Crippen molar-refractivity contribution in [2.24, 2.45) is 0 Å². The smallest absolute Gasteiger partial charge is 0.216 e. The first-order valence-electron chi connectivity index (χ1n) is 13.2. The molecule has 8 rings (SSSR count). The van der Waals surface area contributed by atoms with E-state index in [1.54, 1.807) is 12.4 Å². The van der Waals surface area contributed by atoms with Crippen molar-refractivity contribution in [3.63, 3.8) is 0 Å². The number of aryl methyl sites for hydroxylation is 1. The minimum absolute atomic E-state index is 0. The molecule has 0 aliphatic rings. The number of fused-ring (bicyclic) bond motifs is 4. The zero-order chi connectivity index (χ0) is 27.6. The molecule has 0 saturated heterocycles. The van der Waals surface area contributed by atoms with Crippen molar-refractivity contribution in [2.45, 2.75) is 6.92 Å². The second kappa shape index (κ2) is 11.9. The first-order chi connectivity index (χ1) is 20.3. The number of pyridine rings is 3. The van der Waals surface area contributed by atoms with Gasteiger partial charge >= 0.3 is 0 Å². The fourth-order valence-electron chi connectivity index (χ4n) is 4.86. The zero-order valence-corrected chi connectivity index (χ0v) is 24.9. The summed E-state index contributed by atoms with van der Waals surface area (Å²) in [6.45, 7) is 1.96. The standard InChI is InChI=1S/C24H15N4O.C11H8N.Ir/c1-15-12-13-18-17-9-5-10-19(21(17)29-24(18)26-15)22-27-20-11-6-14-25-23(20)28(22)16-7-3-2-4-8-16;1-2-6-10(7-3-1)11-8-4-5-9-12-11;/h2-9,11-14H,1H3;1-6,8-9H;/q2*-1;. The summed E-state index contributed by atoms with van der Waals surface area (Å²) in [5.74, 6) is 0.742. The Labute approximate surface area is 256 Å². The fraction of sp³-hybridized carbons (Fsp3) is 0.0286. The molecule has 0 amide bonds. The van der Waals surface area contributed by atoms with Crippen LogP contribution in [0.4, 0.5) is 0 Å². The normalized spacial score (nSPS) is 10.8. The summed E-state index contributed by atoms with van der Waals surface area (Å²) in [7, 11) is 0. The van der Waals surface area contributed by atoms with Gasteiger partial charge in [-0.1, -0.05) is 41.3 Å².